The molecule has 122 valence electrons. The summed E-state index contributed by atoms with van der Waals surface area (Å²) in [7, 11) is 0. The number of aromatic amines is 1. The van der Waals surface area contributed by atoms with Crippen LogP contribution < -0.4 is 9.80 Å². The second-order valence-corrected chi connectivity index (χ2v) is 6.37. The number of anilines is 2. The lowest BCUT2D eigenvalue weighted by atomic mass is 10.1. The second-order valence-electron chi connectivity index (χ2n) is 6.37. The molecule has 3 aromatic rings. The molecule has 0 aliphatic carbocycles. The van der Waals surface area contributed by atoms with Crippen molar-refractivity contribution < 1.29 is 4.79 Å². The zero-order valence-corrected chi connectivity index (χ0v) is 13.9. The van der Waals surface area contributed by atoms with Gasteiger partial charge in [0.15, 0.2) is 0 Å². The largest absolute Gasteiger partial charge is 0.366 e. The van der Waals surface area contributed by atoms with Crippen molar-refractivity contribution in [2.75, 3.05) is 22.9 Å². The van der Waals surface area contributed by atoms with Crippen LogP contribution in [0.4, 0.5) is 11.4 Å². The highest BCUT2D eigenvalue weighted by Gasteiger charge is 2.28. The van der Waals surface area contributed by atoms with Crippen LogP contribution in [0.3, 0.4) is 0 Å². The number of nitrogens with one attached hydrogen (secondary N) is 1. The van der Waals surface area contributed by atoms with Crippen LogP contribution in [0.15, 0.2) is 48.8 Å². The molecule has 1 N–H and O–H groups in total. The lowest BCUT2D eigenvalue weighted by Gasteiger charge is -2.40. The average Bonchev–Trinajstić information content (AvgIpc) is 3.07. The number of aromatic nitrogens is 2. The highest BCUT2D eigenvalue weighted by molar-refractivity contribution is 6.09. The van der Waals surface area contributed by atoms with Gasteiger partial charge in [0.1, 0.15) is 0 Å². The van der Waals surface area contributed by atoms with E-state index < -0.39 is 0 Å². The van der Waals surface area contributed by atoms with Gasteiger partial charge in [-0.2, -0.15) is 0 Å². The molecule has 0 spiro atoms. The number of rotatable bonds is 2. The van der Waals surface area contributed by atoms with Gasteiger partial charge in [-0.1, -0.05) is 12.1 Å². The van der Waals surface area contributed by atoms with Crippen molar-refractivity contribution in [3.63, 3.8) is 0 Å². The van der Waals surface area contributed by atoms with Crippen molar-refractivity contribution in [1.29, 1.82) is 0 Å². The molecule has 5 nitrogen and oxygen atoms in total. The van der Waals surface area contributed by atoms with Crippen LogP contribution in [0.2, 0.25) is 0 Å². The monoisotopic (exact) mass is 320 g/mol. The highest BCUT2D eigenvalue weighted by Crippen LogP contribution is 2.34. The summed E-state index contributed by atoms with van der Waals surface area (Å²) in [6, 6.07) is 14.1. The molecule has 2 heterocycles. The van der Waals surface area contributed by atoms with Crippen molar-refractivity contribution in [3.8, 4) is 0 Å². The van der Waals surface area contributed by atoms with Gasteiger partial charge in [0.2, 0.25) is 0 Å². The summed E-state index contributed by atoms with van der Waals surface area (Å²) in [5, 5.41) is 0. The number of carbonyl (C=O) groups excluding carboxylic acids is 1. The minimum Gasteiger partial charge on any atom is -0.366 e. The molecule has 1 amide bonds. The zero-order chi connectivity index (χ0) is 16.7. The number of carbonyl (C=O) groups is 1. The van der Waals surface area contributed by atoms with Crippen molar-refractivity contribution in [3.05, 3.63) is 54.4 Å². The van der Waals surface area contributed by atoms with Gasteiger partial charge in [-0.3, -0.25) is 4.79 Å². The van der Waals surface area contributed by atoms with E-state index in [4.69, 9.17) is 0 Å². The van der Waals surface area contributed by atoms with E-state index in [1.165, 1.54) is 0 Å². The Morgan fingerprint density at radius 1 is 1.12 bits per heavy atom. The Labute approximate surface area is 140 Å². The van der Waals surface area contributed by atoms with Crippen LogP contribution in [0.5, 0.6) is 0 Å². The summed E-state index contributed by atoms with van der Waals surface area (Å²) < 4.78 is 0. The Balaban J connectivity index is 1.73. The standard InChI is InChI=1S/C19H20N4O/c1-13(2)22-9-10-23(18-6-4-3-5-17(18)22)19(24)14-7-8-15-16(11-14)21-12-20-15/h3-8,11-13H,9-10H2,1-2H3,(H,20,21). The normalized spacial score (nSPS) is 14.3. The summed E-state index contributed by atoms with van der Waals surface area (Å²) in [6.45, 7) is 5.89. The fourth-order valence-electron chi connectivity index (χ4n) is 3.36. The molecule has 0 bridgehead atoms. The van der Waals surface area contributed by atoms with Crippen LogP contribution in [0, 0.1) is 0 Å². The van der Waals surface area contributed by atoms with E-state index in [1.54, 1.807) is 6.33 Å². The van der Waals surface area contributed by atoms with Crippen molar-refractivity contribution in [2.24, 2.45) is 0 Å². The van der Waals surface area contributed by atoms with E-state index in [0.29, 0.717) is 18.2 Å². The summed E-state index contributed by atoms with van der Waals surface area (Å²) in [5.74, 6) is 0.0300. The van der Waals surface area contributed by atoms with Gasteiger partial charge in [-0.05, 0) is 44.2 Å². The molecular formula is C19H20N4O. The Hall–Kier alpha value is -2.82. The number of imidazole rings is 1. The highest BCUT2D eigenvalue weighted by atomic mass is 16.2. The summed E-state index contributed by atoms with van der Waals surface area (Å²) in [4.78, 5) is 24.6. The predicted octanol–water partition coefficient (Wildman–Crippen LogP) is 3.44. The van der Waals surface area contributed by atoms with Gasteiger partial charge in [-0.25, -0.2) is 4.98 Å². The molecule has 0 fully saturated rings. The number of H-pyrrole nitrogens is 1. The van der Waals surface area contributed by atoms with Crippen LogP contribution in [-0.4, -0.2) is 35.0 Å². The van der Waals surface area contributed by atoms with Crippen LogP contribution >= 0.6 is 0 Å². The predicted molar refractivity (Wildman–Crippen MR) is 96.7 cm³/mol. The SMILES string of the molecule is CC(C)N1CCN(C(=O)c2ccc3nc[nH]c3c2)c2ccccc21. The van der Waals surface area contributed by atoms with E-state index in [-0.39, 0.29) is 5.91 Å². The maximum absolute atomic E-state index is 13.1. The lowest BCUT2D eigenvalue weighted by molar-refractivity contribution is 0.0986. The van der Waals surface area contributed by atoms with Gasteiger partial charge in [0.25, 0.3) is 5.91 Å². The molecule has 2 aromatic carbocycles. The number of fused-ring (bicyclic) bond motifs is 2. The molecule has 4 rings (SSSR count). The van der Waals surface area contributed by atoms with Crippen molar-refractivity contribution >= 4 is 28.3 Å². The molecule has 1 aliphatic heterocycles. The van der Waals surface area contributed by atoms with E-state index in [2.05, 4.69) is 34.8 Å². The van der Waals surface area contributed by atoms with Crippen LogP contribution in [0.25, 0.3) is 11.0 Å². The third kappa shape index (κ3) is 2.33. The van der Waals surface area contributed by atoms with Crippen molar-refractivity contribution in [2.45, 2.75) is 19.9 Å². The molecule has 0 radical (unpaired) electrons. The van der Waals surface area contributed by atoms with E-state index >= 15 is 0 Å². The Morgan fingerprint density at radius 2 is 1.92 bits per heavy atom. The van der Waals surface area contributed by atoms with Crippen LogP contribution in [0.1, 0.15) is 24.2 Å². The summed E-state index contributed by atoms with van der Waals surface area (Å²) in [5.41, 5.74) is 4.54. The Kier molecular flexibility index (Phi) is 3.49. The van der Waals surface area contributed by atoms with Gasteiger partial charge < -0.3 is 14.8 Å². The first-order valence-electron chi connectivity index (χ1n) is 8.26. The van der Waals surface area contributed by atoms with Gasteiger partial charge in [0, 0.05) is 24.7 Å². The Morgan fingerprint density at radius 3 is 2.71 bits per heavy atom. The fourth-order valence-corrected chi connectivity index (χ4v) is 3.36. The fraction of sp³-hybridized carbons (Fsp3) is 0.263. The van der Waals surface area contributed by atoms with Crippen LogP contribution in [-0.2, 0) is 0 Å². The Bertz CT molecular complexity index is 899. The molecule has 0 atom stereocenters. The molecular weight excluding hydrogens is 300 g/mol. The molecule has 24 heavy (non-hydrogen) atoms. The van der Waals surface area contributed by atoms with Gasteiger partial charge >= 0.3 is 0 Å². The van der Waals surface area contributed by atoms with E-state index in [1.807, 2.05) is 41.3 Å². The maximum atomic E-state index is 13.1. The molecule has 1 aromatic heterocycles. The molecule has 1 aliphatic rings. The average molecular weight is 320 g/mol. The minimum absolute atomic E-state index is 0.0300. The first kappa shape index (κ1) is 14.8. The third-order valence-corrected chi connectivity index (χ3v) is 4.58. The number of para-hydroxylation sites is 2. The molecule has 0 saturated carbocycles. The second kappa shape index (κ2) is 5.67. The zero-order valence-electron chi connectivity index (χ0n) is 13.9. The first-order valence-corrected chi connectivity index (χ1v) is 8.26. The number of nitrogens with zero attached hydrogens (tertiary/aromatic N) is 3. The maximum Gasteiger partial charge on any atom is 0.258 e. The number of hydrogen-bond donors (Lipinski definition) is 1. The van der Waals surface area contributed by atoms with E-state index in [0.717, 1.165) is 29.0 Å². The first-order chi connectivity index (χ1) is 11.6. The number of hydrogen-bond acceptors (Lipinski definition) is 3. The van der Waals surface area contributed by atoms with E-state index in [9.17, 15) is 4.79 Å². The summed E-state index contributed by atoms with van der Waals surface area (Å²) >= 11 is 0. The number of benzene rings is 2. The lowest BCUT2D eigenvalue weighted by Crippen LogP contribution is -2.46. The topological polar surface area (TPSA) is 52.2 Å². The summed E-state index contributed by atoms with van der Waals surface area (Å²) in [6.07, 6.45) is 1.65. The third-order valence-electron chi connectivity index (χ3n) is 4.58. The van der Waals surface area contributed by atoms with Crippen molar-refractivity contribution in [1.82, 2.24) is 9.97 Å². The van der Waals surface area contributed by atoms with Gasteiger partial charge in [0.05, 0.1) is 28.7 Å². The molecule has 0 saturated heterocycles. The molecule has 0 unspecified atom stereocenters. The van der Waals surface area contributed by atoms with Gasteiger partial charge in [-0.15, -0.1) is 0 Å². The molecule has 5 heteroatoms. The smallest absolute Gasteiger partial charge is 0.258 e. The minimum atomic E-state index is 0.0300. The number of amides is 1. The quantitative estimate of drug-likeness (QED) is 0.787.